The molecule has 0 radical (unpaired) electrons. The lowest BCUT2D eigenvalue weighted by atomic mass is 10.2. The summed E-state index contributed by atoms with van der Waals surface area (Å²) in [5.41, 5.74) is 1.84. The number of carbonyl (C=O) groups excluding carboxylic acids is 1. The highest BCUT2D eigenvalue weighted by molar-refractivity contribution is 7.89. The van der Waals surface area contributed by atoms with Crippen molar-refractivity contribution in [2.24, 2.45) is 0 Å². The van der Waals surface area contributed by atoms with E-state index < -0.39 is 20.9 Å². The first-order valence-electron chi connectivity index (χ1n) is 12.6. The second-order valence-corrected chi connectivity index (χ2v) is 11.2. The molecule has 0 unspecified atom stereocenters. The minimum absolute atomic E-state index is 0.0267. The van der Waals surface area contributed by atoms with Gasteiger partial charge in [-0.2, -0.15) is 4.31 Å². The minimum atomic E-state index is -3.66. The summed E-state index contributed by atoms with van der Waals surface area (Å²) in [5.74, 6) is -0.417. The standard InChI is InChI=1S/C26H33N5O5S/c1-2-28-16-18-29(19-17-28)25-12-11-23(37(35,36)30-14-4-3-5-15-30)20-24(25)27-26(32)13-8-21-6-9-22(10-7-21)31(33)34/h6-13,20H,2-5,14-19H2,1H3,(H,27,32)/b13-8+. The Kier molecular flexibility index (Phi) is 8.57. The number of sulfonamides is 1. The number of carbonyl (C=O) groups is 1. The molecule has 2 aliphatic rings. The molecule has 2 aromatic rings. The molecule has 11 heteroatoms. The van der Waals surface area contributed by atoms with Crippen LogP contribution in [-0.4, -0.2) is 74.3 Å². The number of hydrogen-bond donors (Lipinski definition) is 1. The van der Waals surface area contributed by atoms with Crippen molar-refractivity contribution in [1.29, 1.82) is 0 Å². The van der Waals surface area contributed by atoms with E-state index in [0.29, 0.717) is 24.3 Å². The zero-order chi connectivity index (χ0) is 26.4. The number of non-ortho nitro benzene ring substituents is 1. The summed E-state index contributed by atoms with van der Waals surface area (Å²) < 4.78 is 28.1. The lowest BCUT2D eigenvalue weighted by molar-refractivity contribution is -0.384. The van der Waals surface area contributed by atoms with Gasteiger partial charge in [-0.25, -0.2) is 8.42 Å². The summed E-state index contributed by atoms with van der Waals surface area (Å²) in [7, 11) is -3.66. The topological polar surface area (TPSA) is 116 Å². The Hall–Kier alpha value is -3.28. The quantitative estimate of drug-likeness (QED) is 0.317. The molecule has 0 aliphatic carbocycles. The van der Waals surface area contributed by atoms with Crippen molar-refractivity contribution >= 4 is 39.1 Å². The van der Waals surface area contributed by atoms with Crippen LogP contribution < -0.4 is 10.2 Å². The van der Waals surface area contributed by atoms with Crippen molar-refractivity contribution in [3.05, 3.63) is 64.2 Å². The average molecular weight is 528 g/mol. The Bertz CT molecular complexity index is 1250. The van der Waals surface area contributed by atoms with E-state index in [2.05, 4.69) is 22.0 Å². The molecule has 0 bridgehead atoms. The van der Waals surface area contributed by atoms with Crippen LogP contribution in [0.5, 0.6) is 0 Å². The molecule has 1 N–H and O–H groups in total. The lowest BCUT2D eigenvalue weighted by Crippen LogP contribution is -2.46. The molecule has 2 saturated heterocycles. The molecule has 0 aromatic heterocycles. The molecular formula is C26H33N5O5S. The lowest BCUT2D eigenvalue weighted by Gasteiger charge is -2.36. The van der Waals surface area contributed by atoms with E-state index in [9.17, 15) is 23.3 Å². The molecule has 198 valence electrons. The fraction of sp³-hybridized carbons (Fsp3) is 0.423. The van der Waals surface area contributed by atoms with Crippen LogP contribution in [0.3, 0.4) is 0 Å². The SMILES string of the molecule is CCN1CCN(c2ccc(S(=O)(=O)N3CCCCC3)cc2NC(=O)/C=C/c2ccc([N+](=O)[O-])cc2)CC1. The third-order valence-corrected chi connectivity index (χ3v) is 8.76. The normalized spacial score (nSPS) is 17.7. The van der Waals surface area contributed by atoms with Gasteiger partial charge in [-0.05, 0) is 61.4 Å². The Morgan fingerprint density at radius 1 is 1.00 bits per heavy atom. The van der Waals surface area contributed by atoms with Gasteiger partial charge in [-0.15, -0.1) is 0 Å². The summed E-state index contributed by atoms with van der Waals surface area (Å²) in [6.07, 6.45) is 5.61. The molecule has 10 nitrogen and oxygen atoms in total. The van der Waals surface area contributed by atoms with Gasteiger partial charge in [-0.1, -0.05) is 13.3 Å². The number of benzene rings is 2. The smallest absolute Gasteiger partial charge is 0.269 e. The third-order valence-electron chi connectivity index (χ3n) is 6.87. The van der Waals surface area contributed by atoms with E-state index in [-0.39, 0.29) is 10.6 Å². The van der Waals surface area contributed by atoms with Crippen LogP contribution >= 0.6 is 0 Å². The summed E-state index contributed by atoms with van der Waals surface area (Å²) in [5, 5.41) is 13.7. The number of piperidine rings is 1. The van der Waals surface area contributed by atoms with Gasteiger partial charge in [0.15, 0.2) is 0 Å². The van der Waals surface area contributed by atoms with Crippen LogP contribution in [0.25, 0.3) is 6.08 Å². The predicted octanol–water partition coefficient (Wildman–Crippen LogP) is 3.56. The summed E-state index contributed by atoms with van der Waals surface area (Å²) >= 11 is 0. The van der Waals surface area contributed by atoms with Crippen molar-refractivity contribution in [3.8, 4) is 0 Å². The molecule has 0 spiro atoms. The van der Waals surface area contributed by atoms with E-state index in [1.807, 2.05) is 0 Å². The fourth-order valence-electron chi connectivity index (χ4n) is 4.66. The monoisotopic (exact) mass is 527 g/mol. The number of likely N-dealkylation sites (N-methyl/N-ethyl adjacent to an activating group) is 1. The Morgan fingerprint density at radius 3 is 2.30 bits per heavy atom. The average Bonchev–Trinajstić information content (AvgIpc) is 2.92. The number of rotatable bonds is 8. The number of nitro groups is 1. The number of nitrogens with one attached hydrogen (secondary N) is 1. The van der Waals surface area contributed by atoms with Gasteiger partial charge in [-0.3, -0.25) is 14.9 Å². The van der Waals surface area contributed by atoms with Gasteiger partial charge in [0.25, 0.3) is 5.69 Å². The second-order valence-electron chi connectivity index (χ2n) is 9.24. The van der Waals surface area contributed by atoms with Crippen molar-refractivity contribution in [3.63, 3.8) is 0 Å². The number of piperazine rings is 1. The van der Waals surface area contributed by atoms with Gasteiger partial charge in [0.1, 0.15) is 0 Å². The highest BCUT2D eigenvalue weighted by atomic mass is 32.2. The summed E-state index contributed by atoms with van der Waals surface area (Å²) in [6.45, 7) is 7.42. The molecule has 2 aliphatic heterocycles. The Labute approximate surface area is 217 Å². The van der Waals surface area contributed by atoms with E-state index in [0.717, 1.165) is 57.7 Å². The van der Waals surface area contributed by atoms with Crippen molar-refractivity contribution in [2.75, 3.05) is 56.0 Å². The highest BCUT2D eigenvalue weighted by Crippen LogP contribution is 2.32. The number of nitro benzene ring substituents is 1. The van der Waals surface area contributed by atoms with Gasteiger partial charge in [0.05, 0.1) is 21.2 Å². The number of hydrogen-bond acceptors (Lipinski definition) is 7. The zero-order valence-corrected chi connectivity index (χ0v) is 21.8. The first kappa shape index (κ1) is 26.8. The molecule has 2 aromatic carbocycles. The van der Waals surface area contributed by atoms with Crippen LogP contribution in [0.15, 0.2) is 53.4 Å². The van der Waals surface area contributed by atoms with Crippen molar-refractivity contribution in [2.45, 2.75) is 31.1 Å². The molecule has 2 fully saturated rings. The number of anilines is 2. The van der Waals surface area contributed by atoms with E-state index in [4.69, 9.17) is 0 Å². The van der Waals surface area contributed by atoms with Crippen molar-refractivity contribution < 1.29 is 18.1 Å². The molecule has 4 rings (SSSR count). The number of nitrogens with zero attached hydrogens (tertiary/aromatic N) is 4. The van der Waals surface area contributed by atoms with Gasteiger partial charge < -0.3 is 15.1 Å². The van der Waals surface area contributed by atoms with Crippen LogP contribution in [0.1, 0.15) is 31.7 Å². The molecule has 0 saturated carbocycles. The van der Waals surface area contributed by atoms with Crippen LogP contribution in [0.4, 0.5) is 17.1 Å². The van der Waals surface area contributed by atoms with E-state index in [1.54, 1.807) is 36.4 Å². The largest absolute Gasteiger partial charge is 0.367 e. The molecule has 37 heavy (non-hydrogen) atoms. The maximum absolute atomic E-state index is 13.3. The maximum atomic E-state index is 13.3. The van der Waals surface area contributed by atoms with E-state index in [1.165, 1.54) is 22.5 Å². The molecular weight excluding hydrogens is 494 g/mol. The number of amides is 1. The molecule has 0 atom stereocenters. The first-order valence-corrected chi connectivity index (χ1v) is 14.1. The van der Waals surface area contributed by atoms with Gasteiger partial charge in [0, 0.05) is 57.5 Å². The zero-order valence-electron chi connectivity index (χ0n) is 21.0. The van der Waals surface area contributed by atoms with Crippen molar-refractivity contribution in [1.82, 2.24) is 9.21 Å². The summed E-state index contributed by atoms with van der Waals surface area (Å²) in [4.78, 5) is 27.9. The maximum Gasteiger partial charge on any atom is 0.269 e. The third kappa shape index (κ3) is 6.54. The van der Waals surface area contributed by atoms with Crippen LogP contribution in [0, 0.1) is 10.1 Å². The Balaban J connectivity index is 1.58. The fourth-order valence-corrected chi connectivity index (χ4v) is 6.21. The van der Waals surface area contributed by atoms with Gasteiger partial charge >= 0.3 is 0 Å². The molecule has 1 amide bonds. The first-order chi connectivity index (χ1) is 17.8. The van der Waals surface area contributed by atoms with Crippen LogP contribution in [0.2, 0.25) is 0 Å². The minimum Gasteiger partial charge on any atom is -0.367 e. The van der Waals surface area contributed by atoms with Crippen LogP contribution in [-0.2, 0) is 14.8 Å². The summed E-state index contributed by atoms with van der Waals surface area (Å²) in [6, 6.07) is 10.9. The Morgan fingerprint density at radius 2 is 1.68 bits per heavy atom. The predicted molar refractivity (Wildman–Crippen MR) is 144 cm³/mol. The second kappa shape index (κ2) is 11.8. The highest BCUT2D eigenvalue weighted by Gasteiger charge is 2.28. The molecule has 2 heterocycles. The van der Waals surface area contributed by atoms with E-state index >= 15 is 0 Å². The van der Waals surface area contributed by atoms with Gasteiger partial charge in [0.2, 0.25) is 15.9 Å².